The van der Waals surface area contributed by atoms with Crippen molar-refractivity contribution in [3.63, 3.8) is 0 Å². The molecule has 27 heavy (non-hydrogen) atoms. The van der Waals surface area contributed by atoms with Gasteiger partial charge in [0.25, 0.3) is 0 Å². The van der Waals surface area contributed by atoms with E-state index in [-0.39, 0.29) is 25.0 Å². The Morgan fingerprint density at radius 1 is 1.07 bits per heavy atom. The van der Waals surface area contributed by atoms with Gasteiger partial charge in [0, 0.05) is 12.0 Å². The van der Waals surface area contributed by atoms with Crippen LogP contribution in [0.25, 0.3) is 11.1 Å². The molecule has 0 fully saturated rings. The molecule has 2 aromatic carbocycles. The zero-order chi connectivity index (χ0) is 19.4. The van der Waals surface area contributed by atoms with Crippen LogP contribution in [0.4, 0.5) is 0 Å². The van der Waals surface area contributed by atoms with Crippen molar-refractivity contribution in [2.45, 2.75) is 38.1 Å². The number of carbonyl (C=O) groups excluding carboxylic acids is 2. The minimum absolute atomic E-state index is 0.0265. The fourth-order valence-corrected chi connectivity index (χ4v) is 4.01. The molecule has 0 bridgehead atoms. The number of rotatable bonds is 8. The third-order valence-corrected chi connectivity index (χ3v) is 5.45. The highest BCUT2D eigenvalue weighted by Crippen LogP contribution is 2.44. The zero-order valence-corrected chi connectivity index (χ0v) is 16.3. The van der Waals surface area contributed by atoms with Crippen molar-refractivity contribution in [1.82, 2.24) is 0 Å². The molecule has 0 aliphatic heterocycles. The molecule has 1 aliphatic rings. The largest absolute Gasteiger partial charge is 0.464 e. The van der Waals surface area contributed by atoms with Crippen molar-refractivity contribution in [3.8, 4) is 11.1 Å². The SMILES string of the molecule is CCCC(N)C[C@@H](C(=O)S)C(=O)OCC1c2ccccc2-c2ccccc21. The van der Waals surface area contributed by atoms with Crippen molar-refractivity contribution in [2.24, 2.45) is 11.7 Å². The highest BCUT2D eigenvalue weighted by molar-refractivity contribution is 7.96. The van der Waals surface area contributed by atoms with E-state index in [1.54, 1.807) is 0 Å². The molecule has 0 aromatic heterocycles. The molecule has 1 aliphatic carbocycles. The molecule has 3 rings (SSSR count). The number of benzene rings is 2. The summed E-state index contributed by atoms with van der Waals surface area (Å²) in [5, 5.41) is -0.487. The summed E-state index contributed by atoms with van der Waals surface area (Å²) in [4.78, 5) is 24.4. The topological polar surface area (TPSA) is 69.4 Å². The molecule has 1 unspecified atom stereocenters. The van der Waals surface area contributed by atoms with Gasteiger partial charge in [-0.15, -0.1) is 12.6 Å². The summed E-state index contributed by atoms with van der Waals surface area (Å²) in [6.45, 7) is 2.22. The smallest absolute Gasteiger partial charge is 0.317 e. The minimum atomic E-state index is -0.915. The van der Waals surface area contributed by atoms with E-state index < -0.39 is 17.0 Å². The van der Waals surface area contributed by atoms with Gasteiger partial charge in [-0.1, -0.05) is 61.9 Å². The van der Waals surface area contributed by atoms with Crippen LogP contribution >= 0.6 is 12.6 Å². The lowest BCUT2D eigenvalue weighted by Crippen LogP contribution is -2.32. The first-order valence-corrected chi connectivity index (χ1v) is 9.80. The quantitative estimate of drug-likeness (QED) is 0.412. The lowest BCUT2D eigenvalue weighted by atomic mass is 9.97. The zero-order valence-electron chi connectivity index (χ0n) is 15.4. The molecule has 2 N–H and O–H groups in total. The predicted octanol–water partition coefficient (Wildman–Crippen LogP) is 3.93. The third kappa shape index (κ3) is 4.25. The maximum absolute atomic E-state index is 12.6. The first-order valence-electron chi connectivity index (χ1n) is 9.36. The number of esters is 1. The number of ether oxygens (including phenoxy) is 1. The molecule has 5 heteroatoms. The number of thiol groups is 1. The highest BCUT2D eigenvalue weighted by Gasteiger charge is 2.32. The van der Waals surface area contributed by atoms with Gasteiger partial charge in [0.1, 0.15) is 12.5 Å². The fraction of sp³-hybridized carbons (Fsp3) is 0.364. The summed E-state index contributed by atoms with van der Waals surface area (Å²) in [5.74, 6) is -1.48. The van der Waals surface area contributed by atoms with Gasteiger partial charge in [-0.05, 0) is 35.1 Å². The molecule has 4 nitrogen and oxygen atoms in total. The summed E-state index contributed by atoms with van der Waals surface area (Å²) in [6, 6.07) is 16.1. The Balaban J connectivity index is 1.74. The molecule has 0 saturated heterocycles. The molecular weight excluding hydrogens is 358 g/mol. The van der Waals surface area contributed by atoms with E-state index in [9.17, 15) is 9.59 Å². The van der Waals surface area contributed by atoms with Crippen LogP contribution < -0.4 is 5.73 Å². The molecule has 0 heterocycles. The van der Waals surface area contributed by atoms with E-state index in [0.717, 1.165) is 24.0 Å². The van der Waals surface area contributed by atoms with E-state index in [1.807, 2.05) is 31.2 Å². The van der Waals surface area contributed by atoms with Crippen LogP contribution in [-0.4, -0.2) is 23.7 Å². The van der Waals surface area contributed by atoms with Crippen molar-refractivity contribution in [2.75, 3.05) is 6.61 Å². The van der Waals surface area contributed by atoms with Crippen molar-refractivity contribution < 1.29 is 14.3 Å². The Kier molecular flexibility index (Phi) is 6.34. The van der Waals surface area contributed by atoms with Crippen LogP contribution in [0.2, 0.25) is 0 Å². The van der Waals surface area contributed by atoms with Gasteiger partial charge in [-0.25, -0.2) is 0 Å². The Morgan fingerprint density at radius 2 is 1.63 bits per heavy atom. The van der Waals surface area contributed by atoms with Crippen molar-refractivity contribution >= 4 is 23.7 Å². The summed E-state index contributed by atoms with van der Waals surface area (Å²) < 4.78 is 5.58. The second kappa shape index (κ2) is 8.72. The van der Waals surface area contributed by atoms with Gasteiger partial charge < -0.3 is 10.5 Å². The Labute approximate surface area is 165 Å². The lowest BCUT2D eigenvalue weighted by Gasteiger charge is -2.19. The molecule has 0 saturated carbocycles. The number of nitrogens with two attached hydrogens (primary N) is 1. The van der Waals surface area contributed by atoms with Gasteiger partial charge in [-0.2, -0.15) is 0 Å². The van der Waals surface area contributed by atoms with Crippen LogP contribution in [0.5, 0.6) is 0 Å². The fourth-order valence-electron chi connectivity index (χ4n) is 3.79. The standard InChI is InChI=1S/C22H25NO3S/c1-2-7-14(23)12-19(22(25)27)21(24)26-13-20-17-10-5-3-8-15(17)16-9-4-6-11-18(16)20/h3-6,8-11,14,19-20H,2,7,12-13,23H2,1H3,(H,25,27)/t14?,19-/m1/s1. The highest BCUT2D eigenvalue weighted by atomic mass is 32.1. The molecule has 2 atom stereocenters. The van der Waals surface area contributed by atoms with Gasteiger partial charge in [0.2, 0.25) is 0 Å². The second-order valence-electron chi connectivity index (χ2n) is 7.03. The number of fused-ring (bicyclic) bond motifs is 3. The molecule has 142 valence electrons. The number of hydrogen-bond acceptors (Lipinski definition) is 4. The van der Waals surface area contributed by atoms with Gasteiger partial charge in [0.05, 0.1) is 0 Å². The molecule has 0 radical (unpaired) electrons. The van der Waals surface area contributed by atoms with Crippen LogP contribution in [0.3, 0.4) is 0 Å². The van der Waals surface area contributed by atoms with E-state index in [0.29, 0.717) is 0 Å². The normalized spacial score (nSPS) is 14.9. The Bertz CT molecular complexity index is 790. The van der Waals surface area contributed by atoms with Crippen LogP contribution in [0.1, 0.15) is 43.2 Å². The van der Waals surface area contributed by atoms with Crippen LogP contribution in [0.15, 0.2) is 48.5 Å². The molecular formula is C22H25NO3S. The maximum Gasteiger partial charge on any atom is 0.317 e. The molecule has 0 amide bonds. The van der Waals surface area contributed by atoms with Crippen molar-refractivity contribution in [3.05, 3.63) is 59.7 Å². The number of hydrogen-bond donors (Lipinski definition) is 2. The maximum atomic E-state index is 12.6. The van der Waals surface area contributed by atoms with E-state index in [1.165, 1.54) is 11.1 Å². The summed E-state index contributed by atoms with van der Waals surface area (Å²) in [5.41, 5.74) is 10.6. The van der Waals surface area contributed by atoms with E-state index in [2.05, 4.69) is 36.9 Å². The molecule has 2 aromatic rings. The van der Waals surface area contributed by atoms with E-state index >= 15 is 0 Å². The van der Waals surface area contributed by atoms with E-state index in [4.69, 9.17) is 10.5 Å². The average Bonchev–Trinajstić information content (AvgIpc) is 2.98. The lowest BCUT2D eigenvalue weighted by molar-refractivity contribution is -0.151. The predicted molar refractivity (Wildman–Crippen MR) is 110 cm³/mol. The average molecular weight is 384 g/mol. The van der Waals surface area contributed by atoms with Crippen molar-refractivity contribution in [1.29, 1.82) is 0 Å². The first-order chi connectivity index (χ1) is 13.0. The Morgan fingerprint density at radius 3 is 2.15 bits per heavy atom. The van der Waals surface area contributed by atoms with Gasteiger partial charge in [-0.3, -0.25) is 9.59 Å². The first kappa shape index (κ1) is 19.6. The number of carbonyl (C=O) groups is 2. The van der Waals surface area contributed by atoms with Crippen LogP contribution in [-0.2, 0) is 14.3 Å². The third-order valence-electron chi connectivity index (χ3n) is 5.14. The Hall–Kier alpha value is -2.11. The second-order valence-corrected chi connectivity index (χ2v) is 7.47. The van der Waals surface area contributed by atoms with Gasteiger partial charge >= 0.3 is 5.97 Å². The summed E-state index contributed by atoms with van der Waals surface area (Å²) in [7, 11) is 0. The summed E-state index contributed by atoms with van der Waals surface area (Å²) in [6.07, 6.45) is 1.93. The minimum Gasteiger partial charge on any atom is -0.464 e. The monoisotopic (exact) mass is 383 g/mol. The van der Waals surface area contributed by atoms with Gasteiger partial charge in [0.15, 0.2) is 5.12 Å². The van der Waals surface area contributed by atoms with Crippen LogP contribution in [0, 0.1) is 5.92 Å². The summed E-state index contributed by atoms with van der Waals surface area (Å²) >= 11 is 3.87. The molecule has 0 spiro atoms.